The minimum atomic E-state index is -1.45. The predicted molar refractivity (Wildman–Crippen MR) is 79.9 cm³/mol. The highest BCUT2D eigenvalue weighted by Gasteiger charge is 2.47. The maximum absolute atomic E-state index is 11.2. The normalized spacial score (nSPS) is 29.8. The average Bonchev–Trinajstić information content (AvgIpc) is 2.50. The largest absolute Gasteiger partial charge is 0.508 e. The SMILES string of the molecule is CC(=O)OC[C@H]1O[C@H](c2cccc(O)c2)[C@@H](O)[C@@H](O)[C@H]1OC(C)=O. The van der Waals surface area contributed by atoms with E-state index in [0.29, 0.717) is 5.56 Å². The summed E-state index contributed by atoms with van der Waals surface area (Å²) in [5.41, 5.74) is 0.427. The third-order valence-electron chi connectivity index (χ3n) is 3.64. The lowest BCUT2D eigenvalue weighted by Gasteiger charge is -2.42. The van der Waals surface area contributed by atoms with E-state index in [2.05, 4.69) is 0 Å². The number of rotatable bonds is 4. The zero-order chi connectivity index (χ0) is 17.9. The maximum atomic E-state index is 11.2. The van der Waals surface area contributed by atoms with Crippen LogP contribution >= 0.6 is 0 Å². The highest BCUT2D eigenvalue weighted by Crippen LogP contribution is 2.34. The molecule has 1 saturated heterocycles. The number of aliphatic hydroxyl groups is 2. The summed E-state index contributed by atoms with van der Waals surface area (Å²) in [6.07, 6.45) is -5.99. The molecule has 1 fully saturated rings. The summed E-state index contributed by atoms with van der Waals surface area (Å²) >= 11 is 0. The van der Waals surface area contributed by atoms with Crippen LogP contribution in [0.1, 0.15) is 25.5 Å². The smallest absolute Gasteiger partial charge is 0.303 e. The van der Waals surface area contributed by atoms with Crippen LogP contribution in [0, 0.1) is 0 Å². The molecule has 5 atom stereocenters. The van der Waals surface area contributed by atoms with Crippen molar-refractivity contribution in [3.63, 3.8) is 0 Å². The standard InChI is InChI=1S/C16H20O8/c1-8(17)22-7-12-16(23-9(2)18)14(21)13(20)15(24-12)10-4-3-5-11(19)6-10/h3-6,12-16,19-21H,7H2,1-2H3/t12-,13+,14-,15-,16+/m1/s1. The molecule has 1 aliphatic heterocycles. The molecule has 8 heteroatoms. The molecule has 132 valence electrons. The van der Waals surface area contributed by atoms with Crippen molar-refractivity contribution in [3.05, 3.63) is 29.8 Å². The van der Waals surface area contributed by atoms with Crippen molar-refractivity contribution < 1.29 is 39.1 Å². The van der Waals surface area contributed by atoms with Crippen LogP contribution in [-0.2, 0) is 23.8 Å². The van der Waals surface area contributed by atoms with Gasteiger partial charge in [0.2, 0.25) is 0 Å². The van der Waals surface area contributed by atoms with Crippen molar-refractivity contribution in [2.75, 3.05) is 6.61 Å². The molecule has 0 unspecified atom stereocenters. The molecule has 0 bridgehead atoms. The van der Waals surface area contributed by atoms with Gasteiger partial charge in [0.05, 0.1) is 0 Å². The number of hydrogen-bond acceptors (Lipinski definition) is 8. The van der Waals surface area contributed by atoms with E-state index in [0.717, 1.165) is 6.92 Å². The number of hydrogen-bond donors (Lipinski definition) is 3. The van der Waals surface area contributed by atoms with E-state index in [4.69, 9.17) is 14.2 Å². The lowest BCUT2D eigenvalue weighted by atomic mass is 9.91. The Morgan fingerprint density at radius 3 is 2.46 bits per heavy atom. The number of carbonyl (C=O) groups excluding carboxylic acids is 2. The predicted octanol–water partition coefficient (Wildman–Crippen LogP) is 0.0487. The van der Waals surface area contributed by atoms with Gasteiger partial charge >= 0.3 is 11.9 Å². The second-order valence-corrected chi connectivity index (χ2v) is 5.55. The Kier molecular flexibility index (Phi) is 5.76. The maximum Gasteiger partial charge on any atom is 0.303 e. The first kappa shape index (κ1) is 18.2. The number of aromatic hydroxyl groups is 1. The Labute approximate surface area is 138 Å². The van der Waals surface area contributed by atoms with Gasteiger partial charge in [-0.25, -0.2) is 0 Å². The molecule has 1 heterocycles. The van der Waals surface area contributed by atoms with E-state index in [1.165, 1.54) is 19.1 Å². The van der Waals surface area contributed by atoms with Crippen LogP contribution < -0.4 is 0 Å². The highest BCUT2D eigenvalue weighted by molar-refractivity contribution is 5.66. The molecule has 8 nitrogen and oxygen atoms in total. The number of benzene rings is 1. The fraction of sp³-hybridized carbons (Fsp3) is 0.500. The van der Waals surface area contributed by atoms with E-state index >= 15 is 0 Å². The minimum absolute atomic E-state index is 0.0311. The molecular weight excluding hydrogens is 320 g/mol. The van der Waals surface area contributed by atoms with Crippen LogP contribution in [0.25, 0.3) is 0 Å². The highest BCUT2D eigenvalue weighted by atomic mass is 16.6. The molecule has 3 N–H and O–H groups in total. The van der Waals surface area contributed by atoms with Crippen LogP contribution in [-0.4, -0.2) is 58.3 Å². The third kappa shape index (κ3) is 4.22. The van der Waals surface area contributed by atoms with E-state index in [9.17, 15) is 24.9 Å². The first-order chi connectivity index (χ1) is 11.3. The third-order valence-corrected chi connectivity index (χ3v) is 3.64. The van der Waals surface area contributed by atoms with Gasteiger partial charge in [-0.1, -0.05) is 12.1 Å². The molecule has 0 aliphatic carbocycles. The topological polar surface area (TPSA) is 123 Å². The molecule has 2 rings (SSSR count). The number of phenols is 1. The average molecular weight is 340 g/mol. The van der Waals surface area contributed by atoms with Crippen LogP contribution in [0.2, 0.25) is 0 Å². The molecule has 0 saturated carbocycles. The summed E-state index contributed by atoms with van der Waals surface area (Å²) < 4.78 is 15.6. The van der Waals surface area contributed by atoms with Crippen molar-refractivity contribution in [3.8, 4) is 5.75 Å². The summed E-state index contributed by atoms with van der Waals surface area (Å²) in [5.74, 6) is -1.26. The second-order valence-electron chi connectivity index (χ2n) is 5.55. The fourth-order valence-electron chi connectivity index (χ4n) is 2.59. The summed E-state index contributed by atoms with van der Waals surface area (Å²) in [6, 6.07) is 6.00. The van der Waals surface area contributed by atoms with Gasteiger partial charge in [0, 0.05) is 13.8 Å². The Bertz CT molecular complexity index is 601. The van der Waals surface area contributed by atoms with Crippen LogP contribution in [0.5, 0.6) is 5.75 Å². The molecule has 1 aliphatic rings. The zero-order valence-electron chi connectivity index (χ0n) is 13.3. The first-order valence-corrected chi connectivity index (χ1v) is 7.40. The van der Waals surface area contributed by atoms with Crippen LogP contribution in [0.4, 0.5) is 0 Å². The second kappa shape index (κ2) is 7.61. The summed E-state index contributed by atoms with van der Waals surface area (Å²) in [4.78, 5) is 22.3. The monoisotopic (exact) mass is 340 g/mol. The molecule has 24 heavy (non-hydrogen) atoms. The Balaban J connectivity index is 2.26. The van der Waals surface area contributed by atoms with Gasteiger partial charge in [0.15, 0.2) is 6.10 Å². The number of esters is 2. The molecule has 0 amide bonds. The number of ether oxygens (including phenoxy) is 3. The van der Waals surface area contributed by atoms with E-state index < -0.39 is 42.5 Å². The summed E-state index contributed by atoms with van der Waals surface area (Å²) in [6.45, 7) is 2.11. The van der Waals surface area contributed by atoms with E-state index in [1.807, 2.05) is 0 Å². The molecule has 1 aromatic carbocycles. The van der Waals surface area contributed by atoms with Gasteiger partial charge in [-0.2, -0.15) is 0 Å². The Morgan fingerprint density at radius 1 is 1.17 bits per heavy atom. The first-order valence-electron chi connectivity index (χ1n) is 7.40. The van der Waals surface area contributed by atoms with Gasteiger partial charge in [0.1, 0.15) is 36.8 Å². The number of phenolic OH excluding ortho intramolecular Hbond substituents is 1. The molecular formula is C16H20O8. The van der Waals surface area contributed by atoms with Crippen molar-refractivity contribution in [2.24, 2.45) is 0 Å². The summed E-state index contributed by atoms with van der Waals surface area (Å²) in [7, 11) is 0. The van der Waals surface area contributed by atoms with E-state index in [-0.39, 0.29) is 12.4 Å². The zero-order valence-corrected chi connectivity index (χ0v) is 13.3. The molecule has 0 radical (unpaired) electrons. The van der Waals surface area contributed by atoms with Gasteiger partial charge in [-0.15, -0.1) is 0 Å². The quantitative estimate of drug-likeness (QED) is 0.657. The van der Waals surface area contributed by atoms with Gasteiger partial charge in [0.25, 0.3) is 0 Å². The lowest BCUT2D eigenvalue weighted by molar-refractivity contribution is -0.242. The van der Waals surface area contributed by atoms with Crippen LogP contribution in [0.3, 0.4) is 0 Å². The van der Waals surface area contributed by atoms with Crippen molar-refractivity contribution in [1.29, 1.82) is 0 Å². The Hall–Kier alpha value is -2.16. The van der Waals surface area contributed by atoms with Gasteiger partial charge in [-0.05, 0) is 17.7 Å². The van der Waals surface area contributed by atoms with Crippen molar-refractivity contribution in [2.45, 2.75) is 44.4 Å². The van der Waals surface area contributed by atoms with E-state index in [1.54, 1.807) is 12.1 Å². The molecule has 0 aromatic heterocycles. The fourth-order valence-corrected chi connectivity index (χ4v) is 2.59. The molecule has 0 spiro atoms. The van der Waals surface area contributed by atoms with Crippen molar-refractivity contribution >= 4 is 11.9 Å². The minimum Gasteiger partial charge on any atom is -0.508 e. The van der Waals surface area contributed by atoms with Crippen LogP contribution in [0.15, 0.2) is 24.3 Å². The Morgan fingerprint density at radius 2 is 1.88 bits per heavy atom. The van der Waals surface area contributed by atoms with Gasteiger partial charge < -0.3 is 29.5 Å². The number of aliphatic hydroxyl groups excluding tert-OH is 2. The lowest BCUT2D eigenvalue weighted by Crippen LogP contribution is -2.57. The van der Waals surface area contributed by atoms with Gasteiger partial charge in [-0.3, -0.25) is 9.59 Å². The van der Waals surface area contributed by atoms with Crippen molar-refractivity contribution in [1.82, 2.24) is 0 Å². The number of carbonyl (C=O) groups is 2. The summed E-state index contributed by atoms with van der Waals surface area (Å²) in [5, 5.41) is 30.2. The molecule has 1 aromatic rings.